The summed E-state index contributed by atoms with van der Waals surface area (Å²) in [5, 5.41) is 5.35. The number of imidazole rings is 1. The fourth-order valence-electron chi connectivity index (χ4n) is 2.96. The number of urea groups is 1. The number of likely N-dealkylation sites (tertiary alicyclic amines) is 1. The van der Waals surface area contributed by atoms with E-state index in [2.05, 4.69) is 20.6 Å². The van der Waals surface area contributed by atoms with E-state index in [1.807, 2.05) is 0 Å². The maximum absolute atomic E-state index is 14.5. The summed E-state index contributed by atoms with van der Waals surface area (Å²) in [5.74, 6) is -0.138. The highest BCUT2D eigenvalue weighted by molar-refractivity contribution is 5.90. The minimum atomic E-state index is -0.594. The summed E-state index contributed by atoms with van der Waals surface area (Å²) >= 11 is 0. The van der Waals surface area contributed by atoms with E-state index in [0.29, 0.717) is 22.8 Å². The highest BCUT2D eigenvalue weighted by Gasteiger charge is 2.20. The van der Waals surface area contributed by atoms with Crippen molar-refractivity contribution in [2.45, 2.75) is 26.4 Å². The van der Waals surface area contributed by atoms with Crippen molar-refractivity contribution in [1.29, 1.82) is 0 Å². The van der Waals surface area contributed by atoms with Gasteiger partial charge in [-0.05, 0) is 38.5 Å². The third-order valence-electron chi connectivity index (χ3n) is 4.54. The van der Waals surface area contributed by atoms with Crippen molar-refractivity contribution in [3.63, 3.8) is 0 Å². The van der Waals surface area contributed by atoms with E-state index in [1.165, 1.54) is 24.4 Å². The van der Waals surface area contributed by atoms with Crippen molar-refractivity contribution in [2.75, 3.05) is 23.7 Å². The Morgan fingerprint density at radius 2 is 1.97 bits per heavy atom. The van der Waals surface area contributed by atoms with Gasteiger partial charge in [0.1, 0.15) is 5.82 Å². The van der Waals surface area contributed by atoms with Gasteiger partial charge in [-0.15, -0.1) is 0 Å². The summed E-state index contributed by atoms with van der Waals surface area (Å²) in [5.41, 5.74) is 1.47. The first-order valence-corrected chi connectivity index (χ1v) is 9.57. The number of carbonyl (C=O) groups excluding carboxylic acids is 2. The van der Waals surface area contributed by atoms with Gasteiger partial charge >= 0.3 is 12.1 Å². The first-order chi connectivity index (χ1) is 14.4. The number of halogens is 1. The number of rotatable bonds is 4. The minimum absolute atomic E-state index is 0.209. The van der Waals surface area contributed by atoms with E-state index in [9.17, 15) is 14.0 Å². The molecule has 9 nitrogen and oxygen atoms in total. The highest BCUT2D eigenvalue weighted by Crippen LogP contribution is 2.26. The molecule has 0 atom stereocenters. The second-order valence-electron chi connectivity index (χ2n) is 7.22. The van der Waals surface area contributed by atoms with E-state index >= 15 is 0 Å². The van der Waals surface area contributed by atoms with Crippen LogP contribution < -0.4 is 10.6 Å². The summed E-state index contributed by atoms with van der Waals surface area (Å²) in [6, 6.07) is 4.12. The van der Waals surface area contributed by atoms with Gasteiger partial charge in [0.05, 0.1) is 23.7 Å². The van der Waals surface area contributed by atoms with E-state index in [-0.39, 0.29) is 17.7 Å². The number of nitrogens with zero attached hydrogens (tertiary/aromatic N) is 4. The van der Waals surface area contributed by atoms with Gasteiger partial charge in [0.25, 0.3) is 0 Å². The Bertz CT molecular complexity index is 1110. The second-order valence-corrected chi connectivity index (χ2v) is 7.22. The van der Waals surface area contributed by atoms with Gasteiger partial charge in [-0.3, -0.25) is 9.72 Å². The Kier molecular flexibility index (Phi) is 5.21. The normalized spacial score (nSPS) is 13.3. The summed E-state index contributed by atoms with van der Waals surface area (Å²) in [4.78, 5) is 34.1. The maximum Gasteiger partial charge on any atom is 0.411 e. The molecular formula is C20H21FN6O3. The van der Waals surface area contributed by atoms with Crippen molar-refractivity contribution in [2.24, 2.45) is 0 Å². The molecule has 3 amide bonds. The summed E-state index contributed by atoms with van der Waals surface area (Å²) in [6.07, 6.45) is 4.78. The van der Waals surface area contributed by atoms with Crippen molar-refractivity contribution in [3.05, 3.63) is 42.6 Å². The lowest BCUT2D eigenvalue weighted by molar-refractivity contribution is 0.130. The van der Waals surface area contributed by atoms with Crippen LogP contribution in [0.15, 0.2) is 36.8 Å². The zero-order valence-electron chi connectivity index (χ0n) is 16.6. The Balaban J connectivity index is 1.57. The molecule has 0 aliphatic carbocycles. The molecule has 1 fully saturated rings. The predicted molar refractivity (Wildman–Crippen MR) is 109 cm³/mol. The lowest BCUT2D eigenvalue weighted by Crippen LogP contribution is -2.44. The molecule has 2 N–H and O–H groups in total. The molecule has 1 aliphatic rings. The number of fused-ring (bicyclic) bond motifs is 1. The topological polar surface area (TPSA) is 101 Å². The van der Waals surface area contributed by atoms with Crippen molar-refractivity contribution in [1.82, 2.24) is 19.3 Å². The molecule has 10 heteroatoms. The highest BCUT2D eigenvalue weighted by atomic mass is 19.1. The van der Waals surface area contributed by atoms with Crippen LogP contribution in [0.4, 0.5) is 25.4 Å². The van der Waals surface area contributed by atoms with Gasteiger partial charge < -0.3 is 15.0 Å². The Morgan fingerprint density at radius 1 is 1.17 bits per heavy atom. The monoisotopic (exact) mass is 412 g/mol. The van der Waals surface area contributed by atoms with Crippen molar-refractivity contribution >= 4 is 29.3 Å². The van der Waals surface area contributed by atoms with Gasteiger partial charge in [-0.2, -0.15) is 0 Å². The first kappa shape index (κ1) is 19.6. The number of anilines is 2. The number of amides is 3. The second kappa shape index (κ2) is 7.97. The number of hydrogen-bond acceptors (Lipinski definition) is 5. The quantitative estimate of drug-likeness (QED) is 0.680. The van der Waals surface area contributed by atoms with Gasteiger partial charge in [0.15, 0.2) is 0 Å². The van der Waals surface area contributed by atoms with Crippen LogP contribution in [-0.2, 0) is 4.74 Å². The predicted octanol–water partition coefficient (Wildman–Crippen LogP) is 3.73. The third kappa shape index (κ3) is 4.17. The SMILES string of the molecule is CC(C)OC(=O)Nc1cnc2nc(-c3cc(NC(=O)N4CCC4)ccc3F)cn2c1. The van der Waals surface area contributed by atoms with Crippen LogP contribution in [0.2, 0.25) is 0 Å². The fourth-order valence-corrected chi connectivity index (χ4v) is 2.96. The van der Waals surface area contributed by atoms with E-state index < -0.39 is 11.9 Å². The largest absolute Gasteiger partial charge is 0.447 e. The van der Waals surface area contributed by atoms with Crippen LogP contribution in [0.3, 0.4) is 0 Å². The van der Waals surface area contributed by atoms with Crippen LogP contribution in [0.5, 0.6) is 0 Å². The number of nitrogens with one attached hydrogen (secondary N) is 2. The van der Waals surface area contributed by atoms with Crippen LogP contribution in [0.25, 0.3) is 17.0 Å². The summed E-state index contributed by atoms with van der Waals surface area (Å²) < 4.78 is 21.1. The average Bonchev–Trinajstić information content (AvgIpc) is 3.04. The van der Waals surface area contributed by atoms with Gasteiger partial charge in [0.2, 0.25) is 5.78 Å². The lowest BCUT2D eigenvalue weighted by atomic mass is 10.1. The van der Waals surface area contributed by atoms with E-state index in [0.717, 1.165) is 19.5 Å². The molecule has 2 aromatic heterocycles. The minimum Gasteiger partial charge on any atom is -0.447 e. The maximum atomic E-state index is 14.5. The standard InChI is InChI=1S/C20H21FN6O3/c1-12(2)30-20(29)24-14-9-22-18-25-17(11-27(18)10-14)15-8-13(4-5-16(15)21)23-19(28)26-6-3-7-26/h4-5,8-12H,3,6-7H2,1-2H3,(H,23,28)(H,24,29). The zero-order valence-corrected chi connectivity index (χ0v) is 16.6. The van der Waals surface area contributed by atoms with Gasteiger partial charge in [-0.1, -0.05) is 0 Å². The molecule has 0 bridgehead atoms. The van der Waals surface area contributed by atoms with Crippen LogP contribution in [0, 0.1) is 5.82 Å². The van der Waals surface area contributed by atoms with E-state index in [1.54, 1.807) is 35.5 Å². The zero-order chi connectivity index (χ0) is 21.3. The molecule has 0 radical (unpaired) electrons. The molecule has 1 aliphatic heterocycles. The van der Waals surface area contributed by atoms with Crippen LogP contribution >= 0.6 is 0 Å². The molecule has 30 heavy (non-hydrogen) atoms. The van der Waals surface area contributed by atoms with Crippen molar-refractivity contribution in [3.8, 4) is 11.3 Å². The Labute approximate surface area is 171 Å². The van der Waals surface area contributed by atoms with Crippen LogP contribution in [-0.4, -0.2) is 50.6 Å². The Hall–Kier alpha value is -3.69. The summed E-state index contributed by atoms with van der Waals surface area (Å²) in [6.45, 7) is 4.94. The molecule has 3 aromatic rings. The van der Waals surface area contributed by atoms with Gasteiger partial charge in [0, 0.05) is 36.7 Å². The number of ether oxygens (including phenoxy) is 1. The number of benzene rings is 1. The molecule has 4 rings (SSSR count). The molecule has 0 spiro atoms. The average molecular weight is 412 g/mol. The molecule has 3 heterocycles. The number of carbonyl (C=O) groups is 2. The molecule has 156 valence electrons. The molecule has 1 saturated heterocycles. The molecular weight excluding hydrogens is 391 g/mol. The number of aromatic nitrogens is 3. The molecule has 0 saturated carbocycles. The van der Waals surface area contributed by atoms with Gasteiger partial charge in [-0.25, -0.2) is 23.9 Å². The van der Waals surface area contributed by atoms with Crippen LogP contribution in [0.1, 0.15) is 20.3 Å². The smallest absolute Gasteiger partial charge is 0.411 e. The first-order valence-electron chi connectivity index (χ1n) is 9.57. The lowest BCUT2D eigenvalue weighted by Gasteiger charge is -2.30. The molecule has 1 aromatic carbocycles. The Morgan fingerprint density at radius 3 is 2.67 bits per heavy atom. The number of hydrogen-bond donors (Lipinski definition) is 2. The van der Waals surface area contributed by atoms with E-state index in [4.69, 9.17) is 4.74 Å². The fraction of sp³-hybridized carbons (Fsp3) is 0.300. The van der Waals surface area contributed by atoms with Crippen molar-refractivity contribution < 1.29 is 18.7 Å². The summed E-state index contributed by atoms with van der Waals surface area (Å²) in [7, 11) is 0. The third-order valence-corrected chi connectivity index (χ3v) is 4.54. The molecule has 0 unspecified atom stereocenters.